The van der Waals surface area contributed by atoms with E-state index in [4.69, 9.17) is 10.8 Å². The summed E-state index contributed by atoms with van der Waals surface area (Å²) < 4.78 is 2.07. The largest absolute Gasteiger partial charge is 0.383 e. The summed E-state index contributed by atoms with van der Waals surface area (Å²) in [6.07, 6.45) is 7.78. The summed E-state index contributed by atoms with van der Waals surface area (Å²) >= 11 is 1.74. The van der Waals surface area contributed by atoms with E-state index in [-0.39, 0.29) is 11.9 Å². The Morgan fingerprint density at radius 3 is 2.71 bits per heavy atom. The highest BCUT2D eigenvalue weighted by atomic mass is 32.2. The van der Waals surface area contributed by atoms with Gasteiger partial charge in [0, 0.05) is 18.3 Å². The molecule has 2 N–H and O–H groups in total. The van der Waals surface area contributed by atoms with Gasteiger partial charge in [-0.25, -0.2) is 14.6 Å². The van der Waals surface area contributed by atoms with Gasteiger partial charge in [-0.2, -0.15) is 5.10 Å². The molecule has 0 radical (unpaired) electrons. The number of piperidine rings is 1. The number of nitrogens with two attached hydrogens (primary N) is 1. The van der Waals surface area contributed by atoms with Crippen LogP contribution in [0.1, 0.15) is 36.4 Å². The van der Waals surface area contributed by atoms with Gasteiger partial charge in [0.1, 0.15) is 17.2 Å². The SMILES string of the molecule is C=CC(=O)N1CCC(Sc2nn(C3CCc4ccccc4C3)c3ncnc(N)c23)CC1. The molecule has 5 rings (SSSR count). The highest BCUT2D eigenvalue weighted by molar-refractivity contribution is 8.00. The summed E-state index contributed by atoms with van der Waals surface area (Å²) in [4.78, 5) is 22.5. The van der Waals surface area contributed by atoms with Gasteiger partial charge in [0.25, 0.3) is 0 Å². The van der Waals surface area contributed by atoms with Crippen LogP contribution in [-0.4, -0.2) is 48.9 Å². The molecule has 2 aromatic heterocycles. The number of anilines is 1. The highest BCUT2D eigenvalue weighted by Crippen LogP contribution is 2.38. The third-order valence-corrected chi connectivity index (χ3v) is 7.67. The van der Waals surface area contributed by atoms with Crippen LogP contribution in [0.3, 0.4) is 0 Å². The molecule has 7 nitrogen and oxygen atoms in total. The van der Waals surface area contributed by atoms with Gasteiger partial charge in [-0.15, -0.1) is 11.8 Å². The van der Waals surface area contributed by atoms with Crippen LogP contribution in [0.15, 0.2) is 48.3 Å². The maximum absolute atomic E-state index is 11.9. The van der Waals surface area contributed by atoms with Gasteiger partial charge in [0.05, 0.1) is 11.4 Å². The molecule has 1 aliphatic heterocycles. The molecule has 160 valence electrons. The lowest BCUT2D eigenvalue weighted by molar-refractivity contribution is -0.126. The van der Waals surface area contributed by atoms with Crippen LogP contribution in [0.2, 0.25) is 0 Å². The summed E-state index contributed by atoms with van der Waals surface area (Å²) in [6.45, 7) is 5.08. The van der Waals surface area contributed by atoms with Gasteiger partial charge in [0.2, 0.25) is 5.91 Å². The lowest BCUT2D eigenvalue weighted by atomic mass is 9.88. The topological polar surface area (TPSA) is 89.9 Å². The highest BCUT2D eigenvalue weighted by Gasteiger charge is 2.28. The molecule has 1 aliphatic carbocycles. The molecule has 2 aliphatic rings. The second-order valence-corrected chi connectivity index (χ2v) is 9.51. The maximum Gasteiger partial charge on any atom is 0.245 e. The first-order chi connectivity index (χ1) is 15.1. The predicted octanol–water partition coefficient (Wildman–Crippen LogP) is 3.41. The molecule has 1 atom stereocenters. The van der Waals surface area contributed by atoms with Crippen molar-refractivity contribution in [2.75, 3.05) is 18.8 Å². The quantitative estimate of drug-likeness (QED) is 0.633. The summed E-state index contributed by atoms with van der Waals surface area (Å²) in [7, 11) is 0. The molecule has 1 unspecified atom stereocenters. The van der Waals surface area contributed by atoms with Crippen molar-refractivity contribution in [1.82, 2.24) is 24.6 Å². The standard InChI is InChI=1S/C23H26N6OS/c1-2-19(30)28-11-9-18(10-12-28)31-23-20-21(24)25-14-26-22(20)29(27-23)17-8-7-15-5-3-4-6-16(15)13-17/h2-6,14,17-18H,1,7-13H2,(H2,24,25,26). The Bertz CT molecular complexity index is 1130. The lowest BCUT2D eigenvalue weighted by Gasteiger charge is -2.30. The summed E-state index contributed by atoms with van der Waals surface area (Å²) in [5.74, 6) is 0.489. The van der Waals surface area contributed by atoms with Gasteiger partial charge >= 0.3 is 0 Å². The van der Waals surface area contributed by atoms with Gasteiger partial charge in [0.15, 0.2) is 5.65 Å². The maximum atomic E-state index is 11.9. The number of hydrogen-bond donors (Lipinski definition) is 1. The summed E-state index contributed by atoms with van der Waals surface area (Å²) in [5, 5.41) is 7.15. The van der Waals surface area contributed by atoms with E-state index < -0.39 is 0 Å². The normalized spacial score (nSPS) is 19.4. The minimum Gasteiger partial charge on any atom is -0.383 e. The fraction of sp³-hybridized carbons (Fsp3) is 0.391. The molecule has 0 saturated carbocycles. The van der Waals surface area contributed by atoms with E-state index in [0.29, 0.717) is 11.1 Å². The van der Waals surface area contributed by atoms with Crippen molar-refractivity contribution >= 4 is 34.5 Å². The van der Waals surface area contributed by atoms with E-state index in [0.717, 1.165) is 61.3 Å². The molecule has 1 fully saturated rings. The number of amides is 1. The Morgan fingerprint density at radius 2 is 1.94 bits per heavy atom. The molecule has 0 spiro atoms. The zero-order valence-electron chi connectivity index (χ0n) is 17.4. The number of benzene rings is 1. The number of fused-ring (bicyclic) bond motifs is 2. The lowest BCUT2D eigenvalue weighted by Crippen LogP contribution is -2.38. The summed E-state index contributed by atoms with van der Waals surface area (Å²) in [5.41, 5.74) is 9.92. The molecule has 0 bridgehead atoms. The van der Waals surface area contributed by atoms with E-state index in [9.17, 15) is 4.79 Å². The van der Waals surface area contributed by atoms with Crippen LogP contribution in [0.5, 0.6) is 0 Å². The Balaban J connectivity index is 1.41. The Morgan fingerprint density at radius 1 is 1.16 bits per heavy atom. The first-order valence-electron chi connectivity index (χ1n) is 10.8. The monoisotopic (exact) mass is 434 g/mol. The molecular formula is C23H26N6OS. The van der Waals surface area contributed by atoms with Crippen LogP contribution in [0.25, 0.3) is 11.0 Å². The van der Waals surface area contributed by atoms with E-state index in [2.05, 4.69) is 45.5 Å². The van der Waals surface area contributed by atoms with Crippen molar-refractivity contribution in [3.8, 4) is 0 Å². The minimum absolute atomic E-state index is 0.00778. The number of hydrogen-bond acceptors (Lipinski definition) is 6. The number of aromatic nitrogens is 4. The van der Waals surface area contributed by atoms with Crippen molar-refractivity contribution in [3.05, 3.63) is 54.4 Å². The number of carbonyl (C=O) groups excluding carboxylic acids is 1. The zero-order chi connectivity index (χ0) is 21.4. The first kappa shape index (κ1) is 20.1. The van der Waals surface area contributed by atoms with Gasteiger partial charge in [-0.1, -0.05) is 30.8 Å². The van der Waals surface area contributed by atoms with Crippen molar-refractivity contribution in [2.45, 2.75) is 48.4 Å². The van der Waals surface area contributed by atoms with Crippen molar-refractivity contribution in [2.24, 2.45) is 0 Å². The molecule has 1 saturated heterocycles. The molecule has 1 amide bonds. The smallest absolute Gasteiger partial charge is 0.245 e. The average molecular weight is 435 g/mol. The molecule has 31 heavy (non-hydrogen) atoms. The molecular weight excluding hydrogens is 408 g/mol. The predicted molar refractivity (Wildman–Crippen MR) is 123 cm³/mol. The van der Waals surface area contributed by atoms with Crippen LogP contribution in [-0.2, 0) is 17.6 Å². The second kappa shape index (κ2) is 8.34. The third kappa shape index (κ3) is 3.80. The van der Waals surface area contributed by atoms with Crippen LogP contribution in [0, 0.1) is 0 Å². The number of likely N-dealkylation sites (tertiary alicyclic amines) is 1. The Hall–Kier alpha value is -2.87. The Kier molecular flexibility index (Phi) is 5.40. The molecule has 1 aromatic carbocycles. The van der Waals surface area contributed by atoms with Crippen LogP contribution < -0.4 is 5.73 Å². The summed E-state index contributed by atoms with van der Waals surface area (Å²) in [6, 6.07) is 8.90. The Labute approximate surface area is 185 Å². The van der Waals surface area contributed by atoms with Gasteiger partial charge in [-0.3, -0.25) is 4.79 Å². The molecule has 3 aromatic rings. The van der Waals surface area contributed by atoms with Crippen molar-refractivity contribution in [3.63, 3.8) is 0 Å². The second-order valence-electron chi connectivity index (χ2n) is 8.22. The number of aryl methyl sites for hydroxylation is 1. The fourth-order valence-electron chi connectivity index (χ4n) is 4.67. The molecule has 3 heterocycles. The number of nitrogens with zero attached hydrogens (tertiary/aromatic N) is 5. The third-order valence-electron chi connectivity index (χ3n) is 6.36. The average Bonchev–Trinajstić information content (AvgIpc) is 3.18. The van der Waals surface area contributed by atoms with Crippen molar-refractivity contribution in [1.29, 1.82) is 0 Å². The number of rotatable bonds is 4. The van der Waals surface area contributed by atoms with E-state index in [1.807, 2.05) is 4.90 Å². The zero-order valence-corrected chi connectivity index (χ0v) is 18.2. The van der Waals surface area contributed by atoms with E-state index in [1.165, 1.54) is 23.5 Å². The number of thioether (sulfide) groups is 1. The number of carbonyl (C=O) groups is 1. The van der Waals surface area contributed by atoms with Crippen molar-refractivity contribution < 1.29 is 4.79 Å². The first-order valence-corrected chi connectivity index (χ1v) is 11.7. The van der Waals surface area contributed by atoms with E-state index >= 15 is 0 Å². The van der Waals surface area contributed by atoms with Gasteiger partial charge in [-0.05, 0) is 49.3 Å². The van der Waals surface area contributed by atoms with Crippen LogP contribution >= 0.6 is 11.8 Å². The minimum atomic E-state index is 0.00778. The van der Waals surface area contributed by atoms with E-state index in [1.54, 1.807) is 11.8 Å². The van der Waals surface area contributed by atoms with Gasteiger partial charge < -0.3 is 10.6 Å². The van der Waals surface area contributed by atoms with Crippen LogP contribution in [0.4, 0.5) is 5.82 Å². The fourth-order valence-corrected chi connectivity index (χ4v) is 5.88. The molecule has 8 heteroatoms. The number of nitrogen functional groups attached to an aromatic ring is 1.